The van der Waals surface area contributed by atoms with E-state index in [-0.39, 0.29) is 56.7 Å². The highest BCUT2D eigenvalue weighted by atomic mass is 16.2. The van der Waals surface area contributed by atoms with Crippen molar-refractivity contribution < 1.29 is 28.8 Å². The van der Waals surface area contributed by atoms with E-state index in [0.717, 1.165) is 6.54 Å². The first-order valence-corrected chi connectivity index (χ1v) is 11.4. The summed E-state index contributed by atoms with van der Waals surface area (Å²) in [5.74, 6) is -2.57. The Labute approximate surface area is 200 Å². The van der Waals surface area contributed by atoms with Crippen LogP contribution in [0.5, 0.6) is 0 Å². The molecule has 0 saturated heterocycles. The summed E-state index contributed by atoms with van der Waals surface area (Å²) in [5, 5.41) is 15.5. The fraction of sp³-hybridized carbons (Fsp3) is 0.714. The lowest BCUT2D eigenvalue weighted by molar-refractivity contribution is -0.134. The average molecular weight is 486 g/mol. The number of ketones is 1. The molecule has 13 nitrogen and oxygen atoms in total. The van der Waals surface area contributed by atoms with Crippen molar-refractivity contribution in [1.82, 2.24) is 36.8 Å². The molecule has 0 aromatic rings. The molecule has 0 bridgehead atoms. The Kier molecular flexibility index (Phi) is 16.7. The first kappa shape index (κ1) is 30.9. The molecular formula is C21H39N7O6. The van der Waals surface area contributed by atoms with Crippen molar-refractivity contribution in [3.05, 3.63) is 0 Å². The van der Waals surface area contributed by atoms with Gasteiger partial charge in [-0.3, -0.25) is 33.7 Å². The SMILES string of the molecule is CCNCCC(=O)CNC(=O)C(C)N(CC(=O)NCC(=O)NCC)CC(=O)NCC(=O)NCC. The van der Waals surface area contributed by atoms with E-state index in [2.05, 4.69) is 31.9 Å². The molecule has 1 unspecified atom stereocenters. The zero-order valence-corrected chi connectivity index (χ0v) is 20.5. The van der Waals surface area contributed by atoms with Crippen molar-refractivity contribution in [2.45, 2.75) is 40.2 Å². The minimum atomic E-state index is -0.938. The normalized spacial score (nSPS) is 11.3. The Bertz CT molecular complexity index is 665. The van der Waals surface area contributed by atoms with Crippen LogP contribution in [-0.2, 0) is 28.8 Å². The number of likely N-dealkylation sites (N-methyl/N-ethyl adjacent to an activating group) is 2. The second-order valence-corrected chi connectivity index (χ2v) is 7.40. The molecule has 13 heteroatoms. The van der Waals surface area contributed by atoms with Crippen molar-refractivity contribution in [2.75, 3.05) is 58.9 Å². The van der Waals surface area contributed by atoms with Gasteiger partial charge >= 0.3 is 0 Å². The number of nitrogens with one attached hydrogen (secondary N) is 6. The van der Waals surface area contributed by atoms with Crippen molar-refractivity contribution in [2.24, 2.45) is 0 Å². The molecule has 0 spiro atoms. The van der Waals surface area contributed by atoms with Crippen LogP contribution in [0.2, 0.25) is 0 Å². The minimum absolute atomic E-state index is 0.160. The van der Waals surface area contributed by atoms with Crippen LogP contribution in [0.1, 0.15) is 34.1 Å². The van der Waals surface area contributed by atoms with Crippen LogP contribution in [0.15, 0.2) is 0 Å². The molecule has 5 amide bonds. The highest BCUT2D eigenvalue weighted by Gasteiger charge is 2.26. The summed E-state index contributed by atoms with van der Waals surface area (Å²) in [6.45, 7) is 7.60. The van der Waals surface area contributed by atoms with Gasteiger partial charge in [-0.1, -0.05) is 6.92 Å². The lowest BCUT2D eigenvalue weighted by Crippen LogP contribution is -2.53. The Balaban J connectivity index is 5.00. The Morgan fingerprint density at radius 2 is 1.15 bits per heavy atom. The fourth-order valence-electron chi connectivity index (χ4n) is 2.68. The lowest BCUT2D eigenvalue weighted by atomic mass is 10.2. The monoisotopic (exact) mass is 485 g/mol. The standard InChI is InChI=1S/C21H39N7O6/c1-5-22-9-8-16(29)10-27-21(34)15(4)28(13-19(32)25-11-17(30)23-6-2)14-20(33)26-12-18(31)24-7-3/h15,22H,5-14H2,1-4H3,(H,23,30)(H,24,31)(H,25,32)(H,26,33)(H,27,34). The fourth-order valence-corrected chi connectivity index (χ4v) is 2.68. The molecular weight excluding hydrogens is 446 g/mol. The molecule has 0 saturated carbocycles. The zero-order chi connectivity index (χ0) is 25.9. The van der Waals surface area contributed by atoms with Crippen molar-refractivity contribution >= 4 is 35.3 Å². The molecule has 1 atom stereocenters. The summed E-state index contributed by atoms with van der Waals surface area (Å²) in [6.07, 6.45) is 0.261. The van der Waals surface area contributed by atoms with Gasteiger partial charge in [0, 0.05) is 26.1 Å². The molecule has 0 aromatic carbocycles. The van der Waals surface area contributed by atoms with Crippen LogP contribution >= 0.6 is 0 Å². The number of hydrogen-bond donors (Lipinski definition) is 6. The number of amides is 5. The van der Waals surface area contributed by atoms with E-state index in [1.807, 2.05) is 6.92 Å². The van der Waals surface area contributed by atoms with Crippen LogP contribution in [0.3, 0.4) is 0 Å². The highest BCUT2D eigenvalue weighted by molar-refractivity contribution is 5.91. The molecule has 0 fully saturated rings. The number of carbonyl (C=O) groups is 6. The summed E-state index contributed by atoms with van der Waals surface area (Å²) in [5.41, 5.74) is 0. The van der Waals surface area contributed by atoms with Gasteiger partial charge in [-0.15, -0.1) is 0 Å². The van der Waals surface area contributed by atoms with Gasteiger partial charge in [0.15, 0.2) is 5.78 Å². The maximum atomic E-state index is 12.6. The lowest BCUT2D eigenvalue weighted by Gasteiger charge is -2.27. The maximum absolute atomic E-state index is 12.6. The molecule has 0 aliphatic carbocycles. The summed E-state index contributed by atoms with van der Waals surface area (Å²) in [4.78, 5) is 73.5. The molecule has 6 N–H and O–H groups in total. The van der Waals surface area contributed by atoms with Gasteiger partial charge in [-0.25, -0.2) is 0 Å². The van der Waals surface area contributed by atoms with E-state index in [4.69, 9.17) is 0 Å². The summed E-state index contributed by atoms with van der Waals surface area (Å²) < 4.78 is 0. The van der Waals surface area contributed by atoms with Gasteiger partial charge in [0.05, 0.1) is 38.8 Å². The van der Waals surface area contributed by atoms with E-state index in [0.29, 0.717) is 19.6 Å². The van der Waals surface area contributed by atoms with Crippen LogP contribution in [-0.4, -0.2) is 105 Å². The predicted molar refractivity (Wildman–Crippen MR) is 126 cm³/mol. The molecule has 0 radical (unpaired) electrons. The first-order chi connectivity index (χ1) is 16.1. The van der Waals surface area contributed by atoms with E-state index in [9.17, 15) is 28.8 Å². The average Bonchev–Trinajstić information content (AvgIpc) is 2.79. The van der Waals surface area contributed by atoms with Gasteiger partial charge in [0.1, 0.15) is 0 Å². The molecule has 0 aliphatic heterocycles. The molecule has 34 heavy (non-hydrogen) atoms. The second kappa shape index (κ2) is 18.4. The van der Waals surface area contributed by atoms with Gasteiger partial charge < -0.3 is 31.9 Å². The second-order valence-electron chi connectivity index (χ2n) is 7.40. The third-order valence-corrected chi connectivity index (χ3v) is 4.55. The molecule has 0 aromatic heterocycles. The minimum Gasteiger partial charge on any atom is -0.355 e. The van der Waals surface area contributed by atoms with Crippen molar-refractivity contribution in [3.63, 3.8) is 0 Å². The van der Waals surface area contributed by atoms with Crippen molar-refractivity contribution in [3.8, 4) is 0 Å². The summed E-state index contributed by atoms with van der Waals surface area (Å²) in [6, 6.07) is -0.938. The van der Waals surface area contributed by atoms with Crippen LogP contribution in [0, 0.1) is 0 Å². The number of carbonyl (C=O) groups excluding carboxylic acids is 6. The zero-order valence-electron chi connectivity index (χ0n) is 20.5. The van der Waals surface area contributed by atoms with Crippen LogP contribution in [0.25, 0.3) is 0 Å². The maximum Gasteiger partial charge on any atom is 0.239 e. The Morgan fingerprint density at radius 3 is 1.59 bits per heavy atom. The third-order valence-electron chi connectivity index (χ3n) is 4.55. The number of rotatable bonds is 18. The molecule has 0 aliphatic rings. The summed E-state index contributed by atoms with van der Waals surface area (Å²) >= 11 is 0. The van der Waals surface area contributed by atoms with E-state index >= 15 is 0 Å². The quantitative estimate of drug-likeness (QED) is 0.110. The number of nitrogens with zero attached hydrogens (tertiary/aromatic N) is 1. The highest BCUT2D eigenvalue weighted by Crippen LogP contribution is 2.00. The first-order valence-electron chi connectivity index (χ1n) is 11.4. The molecule has 0 heterocycles. The van der Waals surface area contributed by atoms with Gasteiger partial charge in [-0.2, -0.15) is 0 Å². The largest absolute Gasteiger partial charge is 0.355 e. The van der Waals surface area contributed by atoms with Crippen LogP contribution in [0.4, 0.5) is 0 Å². The van der Waals surface area contributed by atoms with Gasteiger partial charge in [-0.05, 0) is 27.3 Å². The molecule has 194 valence electrons. The van der Waals surface area contributed by atoms with Gasteiger partial charge in [0.25, 0.3) is 0 Å². The third kappa shape index (κ3) is 14.9. The number of hydrogen-bond acceptors (Lipinski definition) is 8. The Hall–Kier alpha value is -3.06. The van der Waals surface area contributed by atoms with E-state index in [1.165, 1.54) is 11.8 Å². The smallest absolute Gasteiger partial charge is 0.239 e. The number of Topliss-reactive ketones (excluding diaryl/α,β-unsaturated/α-hetero) is 1. The van der Waals surface area contributed by atoms with Crippen molar-refractivity contribution in [1.29, 1.82) is 0 Å². The van der Waals surface area contributed by atoms with Gasteiger partial charge in [0.2, 0.25) is 29.5 Å². The van der Waals surface area contributed by atoms with Crippen LogP contribution < -0.4 is 31.9 Å². The van der Waals surface area contributed by atoms with E-state index in [1.54, 1.807) is 13.8 Å². The Morgan fingerprint density at radius 1 is 0.647 bits per heavy atom. The van der Waals surface area contributed by atoms with E-state index < -0.39 is 23.8 Å². The topological polar surface area (TPSA) is 178 Å². The predicted octanol–water partition coefficient (Wildman–Crippen LogP) is -3.13. The summed E-state index contributed by atoms with van der Waals surface area (Å²) in [7, 11) is 0. The molecule has 0 rings (SSSR count).